The van der Waals surface area contributed by atoms with Crippen molar-refractivity contribution < 1.29 is 13.9 Å². The zero-order valence-electron chi connectivity index (χ0n) is 10.9. The molecule has 0 spiro atoms. The van der Waals surface area contributed by atoms with Gasteiger partial charge in [0.15, 0.2) is 11.4 Å². The number of rotatable bonds is 4. The van der Waals surface area contributed by atoms with Crippen LogP contribution in [0.3, 0.4) is 0 Å². The van der Waals surface area contributed by atoms with Crippen LogP contribution >= 0.6 is 0 Å². The highest BCUT2D eigenvalue weighted by Crippen LogP contribution is 2.33. The van der Waals surface area contributed by atoms with Crippen LogP contribution < -0.4 is 0 Å². The standard InChI is InChI=1S/C16H19FO2/c17-13-7-3-6-12-10-15(19-16(12)13)14(18)9-8-11-4-1-2-5-11/h3,6-7,10-11,14,18H,1-2,4-5,8-9H2. The Labute approximate surface area is 112 Å². The lowest BCUT2D eigenvalue weighted by atomic mass is 9.99. The van der Waals surface area contributed by atoms with E-state index in [1.54, 1.807) is 18.2 Å². The summed E-state index contributed by atoms with van der Waals surface area (Å²) in [5, 5.41) is 10.9. The smallest absolute Gasteiger partial charge is 0.170 e. The lowest BCUT2D eigenvalue weighted by Gasteiger charge is -2.11. The molecule has 102 valence electrons. The highest BCUT2D eigenvalue weighted by Gasteiger charge is 2.19. The Balaban J connectivity index is 1.70. The summed E-state index contributed by atoms with van der Waals surface area (Å²) in [5.41, 5.74) is 0.248. The molecule has 1 atom stereocenters. The minimum absolute atomic E-state index is 0.248. The first-order valence-electron chi connectivity index (χ1n) is 7.10. The highest BCUT2D eigenvalue weighted by molar-refractivity contribution is 5.78. The molecule has 19 heavy (non-hydrogen) atoms. The fraction of sp³-hybridized carbons (Fsp3) is 0.500. The second kappa shape index (κ2) is 5.33. The molecule has 0 amide bonds. The first kappa shape index (κ1) is 12.7. The number of aliphatic hydroxyl groups excluding tert-OH is 1. The Hall–Kier alpha value is -1.35. The summed E-state index contributed by atoms with van der Waals surface area (Å²) < 4.78 is 19.0. The van der Waals surface area contributed by atoms with E-state index in [0.29, 0.717) is 12.2 Å². The number of furan rings is 1. The Bertz CT molecular complexity index is 555. The van der Waals surface area contributed by atoms with Gasteiger partial charge in [-0.1, -0.05) is 37.8 Å². The van der Waals surface area contributed by atoms with Crippen LogP contribution in [-0.4, -0.2) is 5.11 Å². The van der Waals surface area contributed by atoms with Crippen LogP contribution in [-0.2, 0) is 0 Å². The first-order valence-corrected chi connectivity index (χ1v) is 7.10. The first-order chi connectivity index (χ1) is 9.24. The normalized spacial score (nSPS) is 18.2. The largest absolute Gasteiger partial charge is 0.455 e. The average molecular weight is 262 g/mol. The van der Waals surface area contributed by atoms with Crippen LogP contribution in [0.1, 0.15) is 50.4 Å². The minimum atomic E-state index is -0.618. The van der Waals surface area contributed by atoms with Crippen molar-refractivity contribution in [1.29, 1.82) is 0 Å². The third-order valence-corrected chi connectivity index (χ3v) is 4.17. The van der Waals surface area contributed by atoms with Gasteiger partial charge in [0.25, 0.3) is 0 Å². The molecule has 1 aromatic heterocycles. The number of fused-ring (bicyclic) bond motifs is 1. The number of hydrogen-bond acceptors (Lipinski definition) is 2. The molecule has 1 aliphatic carbocycles. The summed E-state index contributed by atoms with van der Waals surface area (Å²) in [5.74, 6) is 0.862. The van der Waals surface area contributed by atoms with E-state index in [4.69, 9.17) is 4.42 Å². The number of para-hydroxylation sites is 1. The maximum absolute atomic E-state index is 13.5. The van der Waals surface area contributed by atoms with Gasteiger partial charge in [-0.25, -0.2) is 4.39 Å². The molecule has 3 heteroatoms. The van der Waals surface area contributed by atoms with Gasteiger partial charge in [-0.15, -0.1) is 0 Å². The summed E-state index contributed by atoms with van der Waals surface area (Å²) >= 11 is 0. The van der Waals surface area contributed by atoms with E-state index in [1.165, 1.54) is 31.7 Å². The van der Waals surface area contributed by atoms with Gasteiger partial charge in [0.2, 0.25) is 0 Å². The van der Waals surface area contributed by atoms with Gasteiger partial charge in [0.05, 0.1) is 0 Å². The highest BCUT2D eigenvalue weighted by atomic mass is 19.1. The Morgan fingerprint density at radius 1 is 1.32 bits per heavy atom. The van der Waals surface area contributed by atoms with E-state index in [0.717, 1.165) is 17.7 Å². The fourth-order valence-corrected chi connectivity index (χ4v) is 3.05. The van der Waals surface area contributed by atoms with Gasteiger partial charge in [0.1, 0.15) is 11.9 Å². The van der Waals surface area contributed by atoms with Crippen LogP contribution in [0.5, 0.6) is 0 Å². The molecule has 1 heterocycles. The Kier molecular flexibility index (Phi) is 3.56. The molecule has 1 aromatic carbocycles. The molecular formula is C16H19FO2. The van der Waals surface area contributed by atoms with Gasteiger partial charge in [-0.3, -0.25) is 0 Å². The average Bonchev–Trinajstić information content (AvgIpc) is 3.05. The monoisotopic (exact) mass is 262 g/mol. The topological polar surface area (TPSA) is 33.4 Å². The van der Waals surface area contributed by atoms with Crippen LogP contribution in [0, 0.1) is 11.7 Å². The molecule has 0 bridgehead atoms. The molecule has 1 aliphatic rings. The zero-order valence-corrected chi connectivity index (χ0v) is 10.9. The van der Waals surface area contributed by atoms with Gasteiger partial charge >= 0.3 is 0 Å². The molecular weight excluding hydrogens is 243 g/mol. The SMILES string of the molecule is OC(CCC1CCCC1)c1cc2cccc(F)c2o1. The third-order valence-electron chi connectivity index (χ3n) is 4.17. The van der Waals surface area contributed by atoms with Crippen molar-refractivity contribution in [2.75, 3.05) is 0 Å². The van der Waals surface area contributed by atoms with Crippen molar-refractivity contribution in [2.45, 2.75) is 44.6 Å². The van der Waals surface area contributed by atoms with Crippen LogP contribution in [0.15, 0.2) is 28.7 Å². The Morgan fingerprint density at radius 2 is 2.11 bits per heavy atom. The van der Waals surface area contributed by atoms with Crippen LogP contribution in [0.25, 0.3) is 11.0 Å². The van der Waals surface area contributed by atoms with E-state index in [-0.39, 0.29) is 11.4 Å². The van der Waals surface area contributed by atoms with E-state index in [9.17, 15) is 9.50 Å². The molecule has 1 fully saturated rings. The molecule has 2 aromatic rings. The molecule has 0 saturated heterocycles. The maximum Gasteiger partial charge on any atom is 0.170 e. The maximum atomic E-state index is 13.5. The van der Waals surface area contributed by atoms with Crippen molar-refractivity contribution in [3.8, 4) is 0 Å². The minimum Gasteiger partial charge on any atom is -0.455 e. The van der Waals surface area contributed by atoms with E-state index >= 15 is 0 Å². The molecule has 0 radical (unpaired) electrons. The predicted octanol–water partition coefficient (Wildman–Crippen LogP) is 4.58. The zero-order chi connectivity index (χ0) is 13.2. The molecule has 0 aliphatic heterocycles. The molecule has 3 rings (SSSR count). The van der Waals surface area contributed by atoms with Crippen LogP contribution in [0.2, 0.25) is 0 Å². The summed E-state index contributed by atoms with van der Waals surface area (Å²) in [6.45, 7) is 0. The van der Waals surface area contributed by atoms with Gasteiger partial charge < -0.3 is 9.52 Å². The number of halogens is 1. The van der Waals surface area contributed by atoms with Crippen molar-refractivity contribution in [3.05, 3.63) is 35.8 Å². The summed E-state index contributed by atoms with van der Waals surface area (Å²) in [6, 6.07) is 6.58. The van der Waals surface area contributed by atoms with E-state index in [2.05, 4.69) is 0 Å². The lowest BCUT2D eigenvalue weighted by molar-refractivity contribution is 0.133. The van der Waals surface area contributed by atoms with Crippen LogP contribution in [0.4, 0.5) is 4.39 Å². The number of hydrogen-bond donors (Lipinski definition) is 1. The van der Waals surface area contributed by atoms with Crippen molar-refractivity contribution in [2.24, 2.45) is 5.92 Å². The van der Waals surface area contributed by atoms with E-state index < -0.39 is 6.10 Å². The van der Waals surface area contributed by atoms with Gasteiger partial charge in [-0.05, 0) is 30.9 Å². The fourth-order valence-electron chi connectivity index (χ4n) is 3.05. The summed E-state index contributed by atoms with van der Waals surface area (Å²) in [6.07, 6.45) is 6.30. The molecule has 1 unspecified atom stereocenters. The second-order valence-corrected chi connectivity index (χ2v) is 5.55. The van der Waals surface area contributed by atoms with Gasteiger partial charge in [-0.2, -0.15) is 0 Å². The number of aliphatic hydroxyl groups is 1. The lowest BCUT2D eigenvalue weighted by Crippen LogP contribution is -2.00. The summed E-state index contributed by atoms with van der Waals surface area (Å²) in [7, 11) is 0. The second-order valence-electron chi connectivity index (χ2n) is 5.55. The van der Waals surface area contributed by atoms with Crippen molar-refractivity contribution in [3.63, 3.8) is 0 Å². The van der Waals surface area contributed by atoms with Crippen molar-refractivity contribution in [1.82, 2.24) is 0 Å². The van der Waals surface area contributed by atoms with Gasteiger partial charge in [0, 0.05) is 5.39 Å². The predicted molar refractivity (Wildman–Crippen MR) is 72.3 cm³/mol. The Morgan fingerprint density at radius 3 is 2.84 bits per heavy atom. The molecule has 1 N–H and O–H groups in total. The van der Waals surface area contributed by atoms with Crippen molar-refractivity contribution >= 4 is 11.0 Å². The number of benzene rings is 1. The molecule has 1 saturated carbocycles. The molecule has 2 nitrogen and oxygen atoms in total. The summed E-state index contributed by atoms with van der Waals surface area (Å²) in [4.78, 5) is 0. The quantitative estimate of drug-likeness (QED) is 0.875. The third kappa shape index (κ3) is 2.66. The van der Waals surface area contributed by atoms with E-state index in [1.807, 2.05) is 0 Å².